The van der Waals surface area contributed by atoms with Gasteiger partial charge in [0.05, 0.1) is 13.2 Å². The minimum Gasteiger partial charge on any atom is -0.493 e. The number of nitrogens with one attached hydrogen (secondary N) is 1. The van der Waals surface area contributed by atoms with Crippen LogP contribution in [0.4, 0.5) is 5.82 Å². The van der Waals surface area contributed by atoms with E-state index < -0.39 is 0 Å². The van der Waals surface area contributed by atoms with E-state index in [0.717, 1.165) is 23.6 Å². The van der Waals surface area contributed by atoms with Gasteiger partial charge in [-0.05, 0) is 80.6 Å². The van der Waals surface area contributed by atoms with E-state index >= 15 is 0 Å². The fourth-order valence-electron chi connectivity index (χ4n) is 4.57. The van der Waals surface area contributed by atoms with Gasteiger partial charge in [-0.15, -0.1) is 0 Å². The highest BCUT2D eigenvalue weighted by atomic mass is 35.5. The average molecular weight is 509 g/mol. The third kappa shape index (κ3) is 6.89. The highest BCUT2D eigenvalue weighted by Crippen LogP contribution is 2.26. The Hall–Kier alpha value is -2.83. The smallest absolute Gasteiger partial charge is 0.256 e. The molecule has 36 heavy (non-hydrogen) atoms. The Balaban J connectivity index is 1.40. The van der Waals surface area contributed by atoms with Crippen molar-refractivity contribution in [3.8, 4) is 5.75 Å². The van der Waals surface area contributed by atoms with E-state index in [-0.39, 0.29) is 5.91 Å². The third-order valence-electron chi connectivity index (χ3n) is 6.61. The summed E-state index contributed by atoms with van der Waals surface area (Å²) >= 11 is 6.26. The molecule has 0 radical (unpaired) electrons. The van der Waals surface area contributed by atoms with Crippen LogP contribution in [-0.2, 0) is 6.54 Å². The van der Waals surface area contributed by atoms with Gasteiger partial charge in [-0.1, -0.05) is 44.5 Å². The van der Waals surface area contributed by atoms with Crippen molar-refractivity contribution in [3.05, 3.63) is 75.9 Å². The zero-order chi connectivity index (χ0) is 25.7. The molecule has 1 N–H and O–H groups in total. The van der Waals surface area contributed by atoms with Crippen LogP contribution in [0.5, 0.6) is 5.75 Å². The van der Waals surface area contributed by atoms with Crippen LogP contribution in [0.2, 0.25) is 5.02 Å². The van der Waals surface area contributed by atoms with E-state index in [1.807, 2.05) is 48.0 Å². The van der Waals surface area contributed by atoms with Gasteiger partial charge in [0.1, 0.15) is 5.75 Å². The number of anilines is 1. The van der Waals surface area contributed by atoms with Gasteiger partial charge in [-0.2, -0.15) is 5.10 Å². The number of carbonyl (C=O) groups excluding carboxylic acids is 1. The number of amides is 1. The number of carbonyl (C=O) groups is 1. The molecular formula is C29H37ClN4O2. The molecule has 0 bridgehead atoms. The first-order valence-electron chi connectivity index (χ1n) is 12.9. The predicted octanol–water partition coefficient (Wildman–Crippen LogP) is 6.38. The zero-order valence-electron chi connectivity index (χ0n) is 21.8. The first-order chi connectivity index (χ1) is 17.3. The van der Waals surface area contributed by atoms with Crippen LogP contribution in [0.15, 0.2) is 48.5 Å². The minimum absolute atomic E-state index is 0.165. The van der Waals surface area contributed by atoms with Crippen LogP contribution in [0.3, 0.4) is 0 Å². The SMILES string of the molecule is Cc1cc(NC(=O)c2ccc(C(C)CN3CCCC3)cc2)nn1Cc1cc(Cl)ccc1OCC(C)C. The second kappa shape index (κ2) is 11.9. The monoisotopic (exact) mass is 508 g/mol. The fraction of sp³-hybridized carbons (Fsp3) is 0.448. The molecule has 1 aliphatic heterocycles. The van der Waals surface area contributed by atoms with Gasteiger partial charge in [0, 0.05) is 34.5 Å². The normalized spacial score (nSPS) is 14.8. The van der Waals surface area contributed by atoms with Crippen molar-refractivity contribution < 1.29 is 9.53 Å². The van der Waals surface area contributed by atoms with E-state index in [4.69, 9.17) is 16.3 Å². The molecule has 1 aliphatic rings. The summed E-state index contributed by atoms with van der Waals surface area (Å²) in [6.07, 6.45) is 2.60. The second-order valence-corrected chi connectivity index (χ2v) is 10.7. The molecule has 6 nitrogen and oxygen atoms in total. The van der Waals surface area contributed by atoms with Gasteiger partial charge in [0.25, 0.3) is 5.91 Å². The van der Waals surface area contributed by atoms with E-state index in [1.165, 1.54) is 31.5 Å². The van der Waals surface area contributed by atoms with Crippen molar-refractivity contribution in [2.24, 2.45) is 5.92 Å². The molecule has 4 rings (SSSR count). The third-order valence-corrected chi connectivity index (χ3v) is 6.85. The van der Waals surface area contributed by atoms with Crippen molar-refractivity contribution in [1.29, 1.82) is 0 Å². The van der Waals surface area contributed by atoms with Crippen molar-refractivity contribution in [2.45, 2.75) is 53.0 Å². The number of hydrogen-bond acceptors (Lipinski definition) is 4. The first-order valence-corrected chi connectivity index (χ1v) is 13.3. The quantitative estimate of drug-likeness (QED) is 0.345. The second-order valence-electron chi connectivity index (χ2n) is 10.3. The maximum absolute atomic E-state index is 12.9. The number of hydrogen-bond donors (Lipinski definition) is 1. The lowest BCUT2D eigenvalue weighted by Gasteiger charge is -2.20. The summed E-state index contributed by atoms with van der Waals surface area (Å²) < 4.78 is 7.84. The maximum Gasteiger partial charge on any atom is 0.256 e. The number of aromatic nitrogens is 2. The fourth-order valence-corrected chi connectivity index (χ4v) is 4.77. The summed E-state index contributed by atoms with van der Waals surface area (Å²) in [4.78, 5) is 15.4. The lowest BCUT2D eigenvalue weighted by atomic mass is 9.99. The molecule has 3 aromatic rings. The summed E-state index contributed by atoms with van der Waals surface area (Å²) in [5.41, 5.74) is 3.77. The molecule has 7 heteroatoms. The molecule has 2 aromatic carbocycles. The molecule has 1 atom stereocenters. The van der Waals surface area contributed by atoms with E-state index in [2.05, 4.69) is 48.2 Å². The topological polar surface area (TPSA) is 59.4 Å². The number of halogens is 1. The number of rotatable bonds is 10. The molecule has 0 aliphatic carbocycles. The van der Waals surface area contributed by atoms with Crippen LogP contribution < -0.4 is 10.1 Å². The summed E-state index contributed by atoms with van der Waals surface area (Å²) in [6.45, 7) is 13.0. The maximum atomic E-state index is 12.9. The number of likely N-dealkylation sites (tertiary alicyclic amines) is 1. The van der Waals surface area contributed by atoms with E-state index in [9.17, 15) is 4.79 Å². The molecule has 0 spiro atoms. The molecule has 1 aromatic heterocycles. The molecule has 1 fully saturated rings. The highest BCUT2D eigenvalue weighted by molar-refractivity contribution is 6.30. The molecule has 1 unspecified atom stereocenters. The van der Waals surface area contributed by atoms with Gasteiger partial charge < -0.3 is 15.0 Å². The average Bonchev–Trinajstić information content (AvgIpc) is 3.48. The molecule has 1 amide bonds. The van der Waals surface area contributed by atoms with Gasteiger partial charge in [-0.25, -0.2) is 0 Å². The lowest BCUT2D eigenvalue weighted by Crippen LogP contribution is -2.24. The molecule has 1 saturated heterocycles. The van der Waals surface area contributed by atoms with Gasteiger partial charge in [0.2, 0.25) is 0 Å². The number of benzene rings is 2. The van der Waals surface area contributed by atoms with Crippen molar-refractivity contribution in [1.82, 2.24) is 14.7 Å². The summed E-state index contributed by atoms with van der Waals surface area (Å²) in [7, 11) is 0. The number of nitrogens with zero attached hydrogens (tertiary/aromatic N) is 3. The minimum atomic E-state index is -0.165. The van der Waals surface area contributed by atoms with Gasteiger partial charge >= 0.3 is 0 Å². The van der Waals surface area contributed by atoms with Crippen molar-refractivity contribution in [3.63, 3.8) is 0 Å². The van der Waals surface area contributed by atoms with Gasteiger partial charge in [-0.3, -0.25) is 9.48 Å². The zero-order valence-corrected chi connectivity index (χ0v) is 22.5. The Morgan fingerprint density at radius 1 is 1.08 bits per heavy atom. The summed E-state index contributed by atoms with van der Waals surface area (Å²) in [5, 5.41) is 8.21. The Labute approximate surface area is 219 Å². The van der Waals surface area contributed by atoms with Crippen LogP contribution in [0, 0.1) is 12.8 Å². The Morgan fingerprint density at radius 2 is 1.81 bits per heavy atom. The van der Waals surface area contributed by atoms with E-state index in [1.54, 1.807) is 0 Å². The molecular weight excluding hydrogens is 472 g/mol. The van der Waals surface area contributed by atoms with Crippen molar-refractivity contribution >= 4 is 23.3 Å². The Bertz CT molecular complexity index is 1170. The largest absolute Gasteiger partial charge is 0.493 e. The predicted molar refractivity (Wildman–Crippen MR) is 146 cm³/mol. The molecule has 192 valence electrons. The van der Waals surface area contributed by atoms with Crippen LogP contribution in [-0.4, -0.2) is 46.8 Å². The van der Waals surface area contributed by atoms with E-state index in [0.29, 0.717) is 41.4 Å². The highest BCUT2D eigenvalue weighted by Gasteiger charge is 2.17. The molecule has 2 heterocycles. The first kappa shape index (κ1) is 26.2. The molecule has 0 saturated carbocycles. The van der Waals surface area contributed by atoms with Crippen LogP contribution in [0.1, 0.15) is 66.7 Å². The number of ether oxygens (including phenoxy) is 1. The summed E-state index contributed by atoms with van der Waals surface area (Å²) in [5.74, 6) is 2.02. The van der Waals surface area contributed by atoms with Crippen molar-refractivity contribution in [2.75, 3.05) is 31.6 Å². The number of aryl methyl sites for hydroxylation is 1. The van der Waals surface area contributed by atoms with Crippen LogP contribution in [0.25, 0.3) is 0 Å². The summed E-state index contributed by atoms with van der Waals surface area (Å²) in [6, 6.07) is 15.5. The lowest BCUT2D eigenvalue weighted by molar-refractivity contribution is 0.102. The Morgan fingerprint density at radius 3 is 2.50 bits per heavy atom. The standard InChI is InChI=1S/C29H37ClN4O2/c1-20(2)19-36-27-12-11-26(30)16-25(27)18-34-22(4)15-28(32-34)31-29(35)24-9-7-23(8-10-24)21(3)17-33-13-5-6-14-33/h7-12,15-16,20-21H,5-6,13-14,17-19H2,1-4H3,(H,31,32,35). The van der Waals surface area contributed by atoms with Gasteiger partial charge in [0.15, 0.2) is 5.82 Å². The van der Waals surface area contributed by atoms with Crippen LogP contribution >= 0.6 is 11.6 Å². The Kier molecular flexibility index (Phi) is 8.70.